The van der Waals surface area contributed by atoms with Crippen LogP contribution in [0.2, 0.25) is 0 Å². The maximum atomic E-state index is 13.7. The summed E-state index contributed by atoms with van der Waals surface area (Å²) >= 11 is 0. The Balaban J connectivity index is 2.40. The third-order valence-corrected chi connectivity index (χ3v) is 6.17. The molecule has 216 valence electrons. The van der Waals surface area contributed by atoms with Crippen molar-refractivity contribution < 1.29 is 38.2 Å². The smallest absolute Gasteiger partial charge is 0.425 e. The van der Waals surface area contributed by atoms with Crippen LogP contribution >= 0.6 is 0 Å². The van der Waals surface area contributed by atoms with E-state index in [1.165, 1.54) is 0 Å². The van der Waals surface area contributed by atoms with Gasteiger partial charge in [-0.15, -0.1) is 0 Å². The fraction of sp³-hybridized carbons (Fsp3) is 0.815. The van der Waals surface area contributed by atoms with Crippen LogP contribution in [0.3, 0.4) is 0 Å². The Bertz CT molecular complexity index is 933. The lowest BCUT2D eigenvalue weighted by Crippen LogP contribution is -2.57. The molecule has 0 atom stereocenters. The number of hydrogen-bond acceptors (Lipinski definition) is 8. The van der Waals surface area contributed by atoms with Crippen LogP contribution in [0.25, 0.3) is 0 Å². The quantitative estimate of drug-likeness (QED) is 0.322. The number of carbonyl (C=O) groups is 5. The second-order valence-corrected chi connectivity index (χ2v) is 13.0. The summed E-state index contributed by atoms with van der Waals surface area (Å²) in [7, 11) is 0. The first-order valence-corrected chi connectivity index (χ1v) is 13.4. The highest BCUT2D eigenvalue weighted by atomic mass is 16.6. The molecule has 0 radical (unpaired) electrons. The molecular formula is C27H45N3O8. The predicted molar refractivity (Wildman–Crippen MR) is 139 cm³/mol. The minimum Gasteiger partial charge on any atom is -0.444 e. The fourth-order valence-corrected chi connectivity index (χ4v) is 4.60. The normalized spacial score (nSPS) is 22.5. The Morgan fingerprint density at radius 3 is 1.76 bits per heavy atom. The van der Waals surface area contributed by atoms with Crippen LogP contribution < -0.4 is 0 Å². The number of ether oxygens (including phenoxy) is 3. The molecule has 0 aromatic heterocycles. The van der Waals surface area contributed by atoms with Gasteiger partial charge in [-0.25, -0.2) is 24.1 Å². The standard InChI is InChI=1S/C27H45N3O8/c1-11-12-17-28(21(33)36-24(2,3)4)18-13-15-27(16-14-18)19(31)29(22(34)37-25(5,6)7)20(32)30(27)23(35)38-26(8,9)10/h18H,11-17H2,1-10H3. The molecule has 1 spiro atoms. The van der Waals surface area contributed by atoms with E-state index >= 15 is 0 Å². The van der Waals surface area contributed by atoms with Gasteiger partial charge in [-0.2, -0.15) is 4.90 Å². The average Bonchev–Trinajstić information content (AvgIpc) is 2.92. The van der Waals surface area contributed by atoms with Crippen molar-refractivity contribution in [3.8, 4) is 0 Å². The van der Waals surface area contributed by atoms with Crippen molar-refractivity contribution in [1.82, 2.24) is 14.7 Å². The molecule has 11 heteroatoms. The lowest BCUT2D eigenvalue weighted by atomic mass is 9.78. The molecule has 0 unspecified atom stereocenters. The van der Waals surface area contributed by atoms with Gasteiger partial charge in [-0.1, -0.05) is 13.3 Å². The first kappa shape index (κ1) is 31.4. The molecule has 38 heavy (non-hydrogen) atoms. The van der Waals surface area contributed by atoms with Gasteiger partial charge in [-0.3, -0.25) is 4.79 Å². The van der Waals surface area contributed by atoms with Crippen LogP contribution in [0.1, 0.15) is 108 Å². The van der Waals surface area contributed by atoms with E-state index in [2.05, 4.69) is 0 Å². The van der Waals surface area contributed by atoms with Gasteiger partial charge in [0.15, 0.2) is 0 Å². The predicted octanol–water partition coefficient (Wildman–Crippen LogP) is 5.84. The molecule has 11 nitrogen and oxygen atoms in total. The second kappa shape index (κ2) is 11.1. The number of imide groups is 4. The molecule has 1 heterocycles. The van der Waals surface area contributed by atoms with E-state index < -0.39 is 52.6 Å². The van der Waals surface area contributed by atoms with Crippen molar-refractivity contribution >= 4 is 30.2 Å². The molecule has 0 N–H and O–H groups in total. The highest BCUT2D eigenvalue weighted by molar-refractivity contribution is 6.20. The lowest BCUT2D eigenvalue weighted by Gasteiger charge is -2.43. The van der Waals surface area contributed by atoms with Gasteiger partial charge in [0.2, 0.25) is 0 Å². The summed E-state index contributed by atoms with van der Waals surface area (Å²) in [5.74, 6) is -0.821. The minimum absolute atomic E-state index is 0.0617. The highest BCUT2D eigenvalue weighted by Crippen LogP contribution is 2.43. The van der Waals surface area contributed by atoms with Crippen LogP contribution in [0, 0.1) is 0 Å². The Morgan fingerprint density at radius 1 is 0.842 bits per heavy atom. The zero-order valence-corrected chi connectivity index (χ0v) is 24.6. The number of carbonyl (C=O) groups excluding carboxylic acids is 5. The van der Waals surface area contributed by atoms with Crippen LogP contribution in [-0.4, -0.2) is 79.8 Å². The van der Waals surface area contributed by atoms with E-state index in [4.69, 9.17) is 14.2 Å². The molecule has 0 aromatic rings. The summed E-state index contributed by atoms with van der Waals surface area (Å²) in [5.41, 5.74) is -4.19. The minimum atomic E-state index is -1.61. The molecule has 2 aliphatic rings. The number of hydrogen-bond donors (Lipinski definition) is 0. The zero-order valence-electron chi connectivity index (χ0n) is 24.6. The average molecular weight is 540 g/mol. The maximum Gasteiger partial charge on any atom is 0.425 e. The second-order valence-electron chi connectivity index (χ2n) is 13.0. The van der Waals surface area contributed by atoms with E-state index in [0.29, 0.717) is 24.3 Å². The molecule has 0 bridgehead atoms. The third kappa shape index (κ3) is 7.38. The van der Waals surface area contributed by atoms with Crippen molar-refractivity contribution in [3.05, 3.63) is 0 Å². The van der Waals surface area contributed by atoms with Crippen molar-refractivity contribution in [2.24, 2.45) is 0 Å². The third-order valence-electron chi connectivity index (χ3n) is 6.17. The van der Waals surface area contributed by atoms with Gasteiger partial charge < -0.3 is 19.1 Å². The van der Waals surface area contributed by atoms with E-state index in [-0.39, 0.29) is 18.9 Å². The summed E-state index contributed by atoms with van der Waals surface area (Å²) < 4.78 is 16.4. The molecule has 2 fully saturated rings. The summed E-state index contributed by atoms with van der Waals surface area (Å²) in [6, 6.07) is -1.35. The fourth-order valence-electron chi connectivity index (χ4n) is 4.60. The monoisotopic (exact) mass is 539 g/mol. The molecule has 0 aromatic carbocycles. The number of unbranched alkanes of at least 4 members (excludes halogenated alkanes) is 1. The summed E-state index contributed by atoms with van der Waals surface area (Å²) in [6.45, 7) is 17.7. The van der Waals surface area contributed by atoms with Gasteiger partial charge in [0, 0.05) is 12.6 Å². The van der Waals surface area contributed by atoms with Crippen molar-refractivity contribution in [1.29, 1.82) is 0 Å². The number of nitrogens with zero attached hydrogens (tertiary/aromatic N) is 3. The topological polar surface area (TPSA) is 123 Å². The van der Waals surface area contributed by atoms with Crippen molar-refractivity contribution in [3.63, 3.8) is 0 Å². The summed E-state index contributed by atoms with van der Waals surface area (Å²) in [4.78, 5) is 69.1. The van der Waals surface area contributed by atoms with E-state index in [1.54, 1.807) is 67.2 Å². The molecule has 1 aliphatic carbocycles. The molecule has 1 saturated carbocycles. The molecule has 1 saturated heterocycles. The molecular weight excluding hydrogens is 494 g/mol. The summed E-state index contributed by atoms with van der Waals surface area (Å²) in [5, 5.41) is 0. The van der Waals surface area contributed by atoms with E-state index in [9.17, 15) is 24.0 Å². The Kier molecular flexibility index (Phi) is 9.16. The first-order valence-electron chi connectivity index (χ1n) is 13.4. The number of amides is 6. The van der Waals surface area contributed by atoms with E-state index in [0.717, 1.165) is 17.7 Å². The Morgan fingerprint density at radius 2 is 1.32 bits per heavy atom. The summed E-state index contributed by atoms with van der Waals surface area (Å²) in [6.07, 6.45) is -0.172. The zero-order chi connectivity index (χ0) is 29.3. The van der Waals surface area contributed by atoms with Crippen LogP contribution in [-0.2, 0) is 19.0 Å². The van der Waals surface area contributed by atoms with Gasteiger partial charge in [0.05, 0.1) is 0 Å². The van der Waals surface area contributed by atoms with Crippen LogP contribution in [0.5, 0.6) is 0 Å². The van der Waals surface area contributed by atoms with Crippen LogP contribution in [0.15, 0.2) is 0 Å². The van der Waals surface area contributed by atoms with E-state index in [1.807, 2.05) is 6.92 Å². The highest BCUT2D eigenvalue weighted by Gasteiger charge is 2.64. The molecule has 6 amide bonds. The SMILES string of the molecule is CCCCN(C(=O)OC(C)(C)C)C1CCC2(CC1)C(=O)N(C(=O)OC(C)(C)C)C(=O)N2C(=O)OC(C)(C)C. The van der Waals surface area contributed by atoms with Crippen molar-refractivity contribution in [2.75, 3.05) is 6.54 Å². The lowest BCUT2D eigenvalue weighted by molar-refractivity contribution is -0.134. The van der Waals surface area contributed by atoms with Gasteiger partial charge in [-0.05, 0) is 94.4 Å². The number of rotatable bonds is 4. The molecule has 2 rings (SSSR count). The maximum absolute atomic E-state index is 13.7. The van der Waals surface area contributed by atoms with Crippen LogP contribution in [0.4, 0.5) is 19.2 Å². The van der Waals surface area contributed by atoms with Gasteiger partial charge in [0.1, 0.15) is 22.3 Å². The Labute approximate surface area is 226 Å². The van der Waals surface area contributed by atoms with Gasteiger partial charge in [0.25, 0.3) is 5.91 Å². The van der Waals surface area contributed by atoms with Gasteiger partial charge >= 0.3 is 24.3 Å². The van der Waals surface area contributed by atoms with Crippen molar-refractivity contribution in [2.45, 2.75) is 136 Å². The Hall–Kier alpha value is -2.85. The first-order chi connectivity index (χ1) is 17.2. The number of urea groups is 1. The largest absolute Gasteiger partial charge is 0.444 e. The molecule has 1 aliphatic heterocycles.